The van der Waals surface area contributed by atoms with Gasteiger partial charge >= 0.3 is 12.0 Å². The number of aliphatic carboxylic acids is 1. The molecule has 2 bridgehead atoms. The number of aryl methyl sites for hydroxylation is 1. The highest BCUT2D eigenvalue weighted by atomic mass is 79.9. The number of carbonyl (C=O) groups is 2. The SMILES string of the molecule is Cc1cc(NC(=O)N2C3CCC2C(C(=O)O)C3)ccc1Br. The molecule has 0 saturated carbocycles. The van der Waals surface area contributed by atoms with Crippen molar-refractivity contribution in [3.8, 4) is 0 Å². The summed E-state index contributed by atoms with van der Waals surface area (Å²) in [5, 5.41) is 12.1. The lowest BCUT2D eigenvalue weighted by molar-refractivity contribution is -0.142. The highest BCUT2D eigenvalue weighted by Gasteiger charge is 2.51. The Kier molecular flexibility index (Phi) is 3.65. The van der Waals surface area contributed by atoms with Gasteiger partial charge in [-0.25, -0.2) is 4.79 Å². The first-order valence-electron chi connectivity index (χ1n) is 7.05. The number of carbonyl (C=O) groups excluding carboxylic acids is 1. The van der Waals surface area contributed by atoms with Crippen molar-refractivity contribution in [2.24, 2.45) is 5.92 Å². The van der Waals surface area contributed by atoms with E-state index in [1.165, 1.54) is 0 Å². The van der Waals surface area contributed by atoms with E-state index in [1.54, 1.807) is 4.90 Å². The lowest BCUT2D eigenvalue weighted by Gasteiger charge is -2.23. The first-order chi connectivity index (χ1) is 9.97. The van der Waals surface area contributed by atoms with Crippen LogP contribution in [0, 0.1) is 12.8 Å². The summed E-state index contributed by atoms with van der Waals surface area (Å²) < 4.78 is 0.993. The minimum atomic E-state index is -0.792. The largest absolute Gasteiger partial charge is 0.481 e. The Labute approximate surface area is 131 Å². The molecule has 0 radical (unpaired) electrons. The zero-order valence-corrected chi connectivity index (χ0v) is 13.3. The Morgan fingerprint density at radius 1 is 1.38 bits per heavy atom. The van der Waals surface area contributed by atoms with Crippen LogP contribution in [0.2, 0.25) is 0 Å². The van der Waals surface area contributed by atoms with Crippen LogP contribution in [0.3, 0.4) is 0 Å². The van der Waals surface area contributed by atoms with Gasteiger partial charge < -0.3 is 15.3 Å². The topological polar surface area (TPSA) is 69.6 Å². The van der Waals surface area contributed by atoms with Crippen molar-refractivity contribution in [2.45, 2.75) is 38.3 Å². The number of anilines is 1. The summed E-state index contributed by atoms with van der Waals surface area (Å²) in [7, 11) is 0. The first-order valence-corrected chi connectivity index (χ1v) is 7.85. The number of rotatable bonds is 2. The van der Waals surface area contributed by atoms with E-state index < -0.39 is 11.9 Å². The third kappa shape index (κ3) is 2.52. The molecule has 112 valence electrons. The molecule has 1 aromatic carbocycles. The third-order valence-electron chi connectivity index (χ3n) is 4.50. The monoisotopic (exact) mass is 352 g/mol. The number of nitrogens with one attached hydrogen (secondary N) is 1. The molecule has 2 aliphatic heterocycles. The van der Waals surface area contributed by atoms with Crippen LogP contribution < -0.4 is 5.32 Å². The summed E-state index contributed by atoms with van der Waals surface area (Å²) in [5.41, 5.74) is 1.78. The number of hydrogen-bond acceptors (Lipinski definition) is 2. The predicted octanol–water partition coefficient (Wildman–Crippen LogP) is 3.23. The molecule has 2 aliphatic rings. The summed E-state index contributed by atoms with van der Waals surface area (Å²) >= 11 is 3.43. The summed E-state index contributed by atoms with van der Waals surface area (Å²) in [4.78, 5) is 25.4. The Bertz CT molecular complexity index is 605. The van der Waals surface area contributed by atoms with E-state index in [0.29, 0.717) is 6.42 Å². The fourth-order valence-electron chi connectivity index (χ4n) is 3.48. The Hall–Kier alpha value is -1.56. The van der Waals surface area contributed by atoms with Crippen molar-refractivity contribution in [3.05, 3.63) is 28.2 Å². The minimum Gasteiger partial charge on any atom is -0.481 e. The van der Waals surface area contributed by atoms with Crippen molar-refractivity contribution in [1.82, 2.24) is 4.90 Å². The van der Waals surface area contributed by atoms with Gasteiger partial charge in [0, 0.05) is 22.2 Å². The van der Waals surface area contributed by atoms with E-state index in [-0.39, 0.29) is 18.1 Å². The van der Waals surface area contributed by atoms with Crippen molar-refractivity contribution in [2.75, 3.05) is 5.32 Å². The van der Waals surface area contributed by atoms with Gasteiger partial charge in [-0.15, -0.1) is 0 Å². The van der Waals surface area contributed by atoms with Gasteiger partial charge in [0.15, 0.2) is 0 Å². The molecule has 5 nitrogen and oxygen atoms in total. The number of carboxylic acid groups (broad SMARTS) is 1. The van der Waals surface area contributed by atoms with E-state index in [4.69, 9.17) is 0 Å². The van der Waals surface area contributed by atoms with E-state index in [2.05, 4.69) is 21.2 Å². The number of benzene rings is 1. The number of halogens is 1. The molecule has 1 aromatic rings. The van der Waals surface area contributed by atoms with E-state index in [9.17, 15) is 14.7 Å². The molecule has 2 fully saturated rings. The zero-order valence-electron chi connectivity index (χ0n) is 11.7. The normalized spacial score (nSPS) is 27.0. The van der Waals surface area contributed by atoms with Gasteiger partial charge in [0.2, 0.25) is 0 Å². The Balaban J connectivity index is 1.74. The van der Waals surface area contributed by atoms with Gasteiger partial charge in [-0.3, -0.25) is 4.79 Å². The van der Waals surface area contributed by atoms with Gasteiger partial charge in [-0.05, 0) is 49.9 Å². The Morgan fingerprint density at radius 3 is 2.76 bits per heavy atom. The molecule has 6 heteroatoms. The number of fused-ring (bicyclic) bond motifs is 2. The molecule has 3 rings (SSSR count). The molecule has 2 N–H and O–H groups in total. The molecule has 2 amide bonds. The summed E-state index contributed by atoms with van der Waals surface area (Å²) in [5.74, 6) is -1.21. The number of urea groups is 1. The standard InChI is InChI=1S/C15H17BrN2O3/c1-8-6-9(2-4-12(8)16)17-15(21)18-10-3-5-13(18)11(7-10)14(19)20/h2,4,6,10-11,13H,3,5,7H2,1H3,(H,17,21)(H,19,20). The molecule has 0 aromatic heterocycles. The van der Waals surface area contributed by atoms with Gasteiger partial charge in [0.25, 0.3) is 0 Å². The second-order valence-corrected chi connectivity index (χ2v) is 6.63. The molecule has 2 saturated heterocycles. The smallest absolute Gasteiger partial charge is 0.322 e. The molecule has 21 heavy (non-hydrogen) atoms. The van der Waals surface area contributed by atoms with E-state index in [1.807, 2.05) is 25.1 Å². The Morgan fingerprint density at radius 2 is 2.14 bits per heavy atom. The quantitative estimate of drug-likeness (QED) is 0.858. The highest BCUT2D eigenvalue weighted by Crippen LogP contribution is 2.42. The molecule has 0 spiro atoms. The van der Waals surface area contributed by atoms with Crippen LogP contribution in [0.5, 0.6) is 0 Å². The average Bonchev–Trinajstić information content (AvgIpc) is 3.00. The van der Waals surface area contributed by atoms with Crippen LogP contribution in [0.25, 0.3) is 0 Å². The van der Waals surface area contributed by atoms with Gasteiger partial charge in [-0.1, -0.05) is 15.9 Å². The molecule has 3 atom stereocenters. The number of nitrogens with zero attached hydrogens (tertiary/aromatic N) is 1. The molecular weight excluding hydrogens is 336 g/mol. The summed E-state index contributed by atoms with van der Waals surface area (Å²) in [6, 6.07) is 5.34. The van der Waals surface area contributed by atoms with Crippen LogP contribution >= 0.6 is 15.9 Å². The maximum Gasteiger partial charge on any atom is 0.322 e. The van der Waals surface area contributed by atoms with Crippen LogP contribution in [0.15, 0.2) is 22.7 Å². The lowest BCUT2D eigenvalue weighted by Crippen LogP contribution is -2.40. The zero-order chi connectivity index (χ0) is 15.1. The molecule has 3 unspecified atom stereocenters. The summed E-state index contributed by atoms with van der Waals surface area (Å²) in [6.45, 7) is 1.96. The van der Waals surface area contributed by atoms with Crippen LogP contribution in [-0.4, -0.2) is 34.1 Å². The van der Waals surface area contributed by atoms with Crippen molar-refractivity contribution in [3.63, 3.8) is 0 Å². The van der Waals surface area contributed by atoms with Gasteiger partial charge in [0.05, 0.1) is 5.92 Å². The fraction of sp³-hybridized carbons (Fsp3) is 0.467. The number of amides is 2. The first kappa shape index (κ1) is 14.4. The van der Waals surface area contributed by atoms with Crippen molar-refractivity contribution < 1.29 is 14.7 Å². The maximum atomic E-state index is 12.5. The van der Waals surface area contributed by atoms with Gasteiger partial charge in [0.1, 0.15) is 0 Å². The van der Waals surface area contributed by atoms with E-state index in [0.717, 1.165) is 28.6 Å². The second-order valence-electron chi connectivity index (χ2n) is 5.78. The molecular formula is C15H17BrN2O3. The number of carboxylic acids is 1. The molecule has 0 aliphatic carbocycles. The van der Waals surface area contributed by atoms with Crippen LogP contribution in [0.1, 0.15) is 24.8 Å². The van der Waals surface area contributed by atoms with Gasteiger partial charge in [-0.2, -0.15) is 0 Å². The minimum absolute atomic E-state index is 0.0626. The van der Waals surface area contributed by atoms with Crippen LogP contribution in [-0.2, 0) is 4.79 Å². The van der Waals surface area contributed by atoms with Crippen molar-refractivity contribution in [1.29, 1.82) is 0 Å². The fourth-order valence-corrected chi connectivity index (χ4v) is 3.73. The molecule has 2 heterocycles. The highest BCUT2D eigenvalue weighted by molar-refractivity contribution is 9.10. The summed E-state index contributed by atoms with van der Waals surface area (Å²) in [6.07, 6.45) is 2.27. The average molecular weight is 353 g/mol. The number of hydrogen-bond donors (Lipinski definition) is 2. The lowest BCUT2D eigenvalue weighted by atomic mass is 9.89. The maximum absolute atomic E-state index is 12.5. The second kappa shape index (κ2) is 5.33. The predicted molar refractivity (Wildman–Crippen MR) is 82.3 cm³/mol. The van der Waals surface area contributed by atoms with Crippen molar-refractivity contribution >= 4 is 33.6 Å². The van der Waals surface area contributed by atoms with E-state index >= 15 is 0 Å². The third-order valence-corrected chi connectivity index (χ3v) is 5.39. The van der Waals surface area contributed by atoms with Crippen LogP contribution in [0.4, 0.5) is 10.5 Å².